The van der Waals surface area contributed by atoms with Crippen molar-refractivity contribution in [3.63, 3.8) is 0 Å². The van der Waals surface area contributed by atoms with Crippen molar-refractivity contribution in [2.75, 3.05) is 42.6 Å². The lowest BCUT2D eigenvalue weighted by Crippen LogP contribution is -2.50. The van der Waals surface area contributed by atoms with Crippen molar-refractivity contribution in [3.8, 4) is 0 Å². The van der Waals surface area contributed by atoms with Gasteiger partial charge in [0, 0.05) is 25.3 Å². The Morgan fingerprint density at radius 2 is 2.10 bits per heavy atom. The van der Waals surface area contributed by atoms with Crippen LogP contribution in [0, 0.1) is 17.1 Å². The SMILES string of the molecule is CC(=N)C(C=O)CN1CCC(C(F)(F)F)n2c1nc(N1CCOCC1C)c(F)c2=O. The van der Waals surface area contributed by atoms with E-state index in [4.69, 9.17) is 10.1 Å². The molecule has 1 saturated heterocycles. The fourth-order valence-electron chi connectivity index (χ4n) is 3.74. The summed E-state index contributed by atoms with van der Waals surface area (Å²) in [5.41, 5.74) is -1.38. The number of fused-ring (bicyclic) bond motifs is 1. The molecule has 3 atom stereocenters. The van der Waals surface area contributed by atoms with Crippen LogP contribution in [0.1, 0.15) is 26.3 Å². The average molecular weight is 433 g/mol. The summed E-state index contributed by atoms with van der Waals surface area (Å²) in [6, 6.07) is -2.55. The van der Waals surface area contributed by atoms with Gasteiger partial charge < -0.3 is 24.7 Å². The Hall–Kier alpha value is -2.50. The molecule has 0 saturated carbocycles. The molecule has 3 unspecified atom stereocenters. The minimum Gasteiger partial charge on any atom is -0.377 e. The minimum atomic E-state index is -4.77. The number of rotatable bonds is 5. The van der Waals surface area contributed by atoms with E-state index >= 15 is 0 Å². The maximum Gasteiger partial charge on any atom is 0.409 e. The minimum absolute atomic E-state index is 0.0287. The number of carbonyl (C=O) groups is 1. The first kappa shape index (κ1) is 22.2. The highest BCUT2D eigenvalue weighted by Crippen LogP contribution is 2.39. The molecule has 1 N–H and O–H groups in total. The zero-order valence-electron chi connectivity index (χ0n) is 16.6. The van der Waals surface area contributed by atoms with Gasteiger partial charge in [-0.3, -0.25) is 9.36 Å². The van der Waals surface area contributed by atoms with Crippen LogP contribution in [0.4, 0.5) is 29.3 Å². The molecular weight excluding hydrogens is 410 g/mol. The third-order valence-electron chi connectivity index (χ3n) is 5.45. The lowest BCUT2D eigenvalue weighted by Gasteiger charge is -2.39. The summed E-state index contributed by atoms with van der Waals surface area (Å²) < 4.78 is 61.3. The number of halogens is 4. The number of aromatic nitrogens is 2. The molecule has 166 valence electrons. The summed E-state index contributed by atoms with van der Waals surface area (Å²) >= 11 is 0. The van der Waals surface area contributed by atoms with Gasteiger partial charge in [0.1, 0.15) is 12.3 Å². The van der Waals surface area contributed by atoms with E-state index in [-0.39, 0.29) is 56.4 Å². The van der Waals surface area contributed by atoms with Crippen molar-refractivity contribution < 1.29 is 27.1 Å². The largest absolute Gasteiger partial charge is 0.409 e. The van der Waals surface area contributed by atoms with Crippen molar-refractivity contribution in [1.82, 2.24) is 9.55 Å². The maximum absolute atomic E-state index is 14.9. The van der Waals surface area contributed by atoms with E-state index in [1.807, 2.05) is 0 Å². The number of ether oxygens (including phenoxy) is 1. The number of nitrogens with one attached hydrogen (secondary N) is 1. The smallest absolute Gasteiger partial charge is 0.377 e. The number of aldehydes is 1. The Bertz CT molecular complexity index is 888. The first-order chi connectivity index (χ1) is 14.1. The van der Waals surface area contributed by atoms with Crippen molar-refractivity contribution in [3.05, 3.63) is 16.2 Å². The van der Waals surface area contributed by atoms with Gasteiger partial charge in [0.25, 0.3) is 5.56 Å². The van der Waals surface area contributed by atoms with Gasteiger partial charge in [0.2, 0.25) is 11.8 Å². The van der Waals surface area contributed by atoms with E-state index in [0.29, 0.717) is 10.9 Å². The topological polar surface area (TPSA) is 91.5 Å². The molecule has 12 heteroatoms. The fourth-order valence-corrected chi connectivity index (χ4v) is 3.74. The molecular formula is C18H23F4N5O3. The third kappa shape index (κ3) is 4.05. The highest BCUT2D eigenvalue weighted by molar-refractivity contribution is 5.94. The van der Waals surface area contributed by atoms with Crippen LogP contribution in [0.25, 0.3) is 0 Å². The fraction of sp³-hybridized carbons (Fsp3) is 0.667. The predicted molar refractivity (Wildman–Crippen MR) is 101 cm³/mol. The number of alkyl halides is 3. The molecule has 0 aromatic carbocycles. The second-order valence-corrected chi connectivity index (χ2v) is 7.56. The first-order valence-electron chi connectivity index (χ1n) is 9.54. The van der Waals surface area contributed by atoms with Crippen molar-refractivity contribution >= 4 is 23.8 Å². The van der Waals surface area contributed by atoms with Crippen LogP contribution in [0.5, 0.6) is 0 Å². The Morgan fingerprint density at radius 1 is 1.40 bits per heavy atom. The lowest BCUT2D eigenvalue weighted by atomic mass is 10.0. The summed E-state index contributed by atoms with van der Waals surface area (Å²) in [4.78, 5) is 31.0. The Labute approximate surface area is 169 Å². The number of hydrogen-bond acceptors (Lipinski definition) is 7. The quantitative estimate of drug-likeness (QED) is 0.433. The monoisotopic (exact) mass is 433 g/mol. The Balaban J connectivity index is 2.15. The van der Waals surface area contributed by atoms with Gasteiger partial charge >= 0.3 is 6.18 Å². The molecule has 8 nitrogen and oxygen atoms in total. The van der Waals surface area contributed by atoms with Gasteiger partial charge in [0.15, 0.2) is 5.82 Å². The van der Waals surface area contributed by atoms with Gasteiger partial charge in [-0.05, 0) is 20.3 Å². The number of hydrogen-bond donors (Lipinski definition) is 1. The molecule has 3 heterocycles. The summed E-state index contributed by atoms with van der Waals surface area (Å²) in [6.45, 7) is 3.63. The van der Waals surface area contributed by atoms with Crippen molar-refractivity contribution in [2.45, 2.75) is 38.5 Å². The summed E-state index contributed by atoms with van der Waals surface area (Å²) in [6.07, 6.45) is -4.74. The van der Waals surface area contributed by atoms with Gasteiger partial charge in [-0.2, -0.15) is 22.5 Å². The second kappa shape index (κ2) is 8.32. The van der Waals surface area contributed by atoms with Gasteiger partial charge in [-0.25, -0.2) is 0 Å². The van der Waals surface area contributed by atoms with Crippen LogP contribution in [-0.4, -0.2) is 66.6 Å². The Morgan fingerprint density at radius 3 is 2.67 bits per heavy atom. The number of morpholine rings is 1. The van der Waals surface area contributed by atoms with E-state index < -0.39 is 35.9 Å². The zero-order valence-corrected chi connectivity index (χ0v) is 16.6. The molecule has 1 fully saturated rings. The van der Waals surface area contributed by atoms with Crippen LogP contribution >= 0.6 is 0 Å². The molecule has 0 aliphatic carbocycles. The van der Waals surface area contributed by atoms with Crippen LogP contribution in [0.2, 0.25) is 0 Å². The van der Waals surface area contributed by atoms with Crippen LogP contribution in [-0.2, 0) is 9.53 Å². The standard InChI is InChI=1S/C18H23F4N5O3/c1-10-9-30-6-5-26(10)15-14(19)16(29)27-13(18(20,21)22)3-4-25(17(27)24-15)7-12(8-28)11(2)23/h8,10,12-13,23H,3-7,9H2,1-2H3. The summed E-state index contributed by atoms with van der Waals surface area (Å²) in [5.74, 6) is -2.91. The maximum atomic E-state index is 14.9. The molecule has 1 aromatic rings. The molecule has 2 aliphatic rings. The summed E-state index contributed by atoms with van der Waals surface area (Å²) in [5, 5.41) is 7.69. The zero-order chi connectivity index (χ0) is 22.2. The molecule has 1 aromatic heterocycles. The highest BCUT2D eigenvalue weighted by Gasteiger charge is 2.47. The van der Waals surface area contributed by atoms with Crippen LogP contribution < -0.4 is 15.4 Å². The number of nitrogens with zero attached hydrogens (tertiary/aromatic N) is 4. The molecule has 30 heavy (non-hydrogen) atoms. The highest BCUT2D eigenvalue weighted by atomic mass is 19.4. The van der Waals surface area contributed by atoms with E-state index in [2.05, 4.69) is 4.98 Å². The normalized spacial score (nSPS) is 23.1. The van der Waals surface area contributed by atoms with Crippen molar-refractivity contribution in [1.29, 1.82) is 5.41 Å². The third-order valence-corrected chi connectivity index (χ3v) is 5.45. The van der Waals surface area contributed by atoms with Crippen molar-refractivity contribution in [2.24, 2.45) is 5.92 Å². The van der Waals surface area contributed by atoms with E-state index in [0.717, 1.165) is 0 Å². The average Bonchev–Trinajstić information content (AvgIpc) is 2.68. The van der Waals surface area contributed by atoms with Gasteiger partial charge in [-0.1, -0.05) is 0 Å². The first-order valence-corrected chi connectivity index (χ1v) is 9.54. The molecule has 0 amide bonds. The summed E-state index contributed by atoms with van der Waals surface area (Å²) in [7, 11) is 0. The second-order valence-electron chi connectivity index (χ2n) is 7.56. The molecule has 2 aliphatic heterocycles. The van der Waals surface area contributed by atoms with E-state index in [9.17, 15) is 27.2 Å². The number of anilines is 2. The molecule has 0 bridgehead atoms. The predicted octanol–water partition coefficient (Wildman–Crippen LogP) is 1.78. The van der Waals surface area contributed by atoms with Gasteiger partial charge in [0.05, 0.1) is 25.2 Å². The number of carbonyl (C=O) groups excluding carboxylic acids is 1. The van der Waals surface area contributed by atoms with Gasteiger partial charge in [-0.15, -0.1) is 0 Å². The molecule has 0 radical (unpaired) electrons. The lowest BCUT2D eigenvalue weighted by molar-refractivity contribution is -0.171. The van der Waals surface area contributed by atoms with Crippen LogP contribution in [0.3, 0.4) is 0 Å². The molecule has 0 spiro atoms. The molecule has 3 rings (SSSR count). The van der Waals surface area contributed by atoms with Crippen LogP contribution in [0.15, 0.2) is 4.79 Å². The van der Waals surface area contributed by atoms with E-state index in [1.54, 1.807) is 6.92 Å². The van der Waals surface area contributed by atoms with E-state index in [1.165, 1.54) is 16.7 Å². The Kier molecular flexibility index (Phi) is 6.16.